The number of ketones is 1. The summed E-state index contributed by atoms with van der Waals surface area (Å²) in [6.45, 7) is 6.36. The lowest BCUT2D eigenvalue weighted by molar-refractivity contribution is -0.128. The van der Waals surface area contributed by atoms with E-state index in [2.05, 4.69) is 4.98 Å². The highest BCUT2D eigenvalue weighted by molar-refractivity contribution is 7.90. The zero-order valence-corrected chi connectivity index (χ0v) is 15.6. The highest BCUT2D eigenvalue weighted by Gasteiger charge is 2.23. The maximum atomic E-state index is 12.7. The van der Waals surface area contributed by atoms with E-state index in [1.165, 1.54) is 19.9 Å². The quantitative estimate of drug-likeness (QED) is 0.808. The molecule has 1 heterocycles. The molecule has 0 atom stereocenters. The largest absolute Gasteiger partial charge is 0.382 e. The van der Waals surface area contributed by atoms with E-state index in [1.54, 1.807) is 12.1 Å². The number of sulfone groups is 1. The van der Waals surface area contributed by atoms with Gasteiger partial charge in [0.1, 0.15) is 10.5 Å². The summed E-state index contributed by atoms with van der Waals surface area (Å²) in [5.41, 5.74) is 0.0930. The molecule has 0 radical (unpaired) electrons. The summed E-state index contributed by atoms with van der Waals surface area (Å²) in [6, 6.07) is 3.34. The van der Waals surface area contributed by atoms with E-state index < -0.39 is 31.5 Å². The molecule has 2 N–H and O–H groups in total. The first-order chi connectivity index (χ1) is 11.3. The monoisotopic (exact) mass is 363 g/mol. The van der Waals surface area contributed by atoms with Crippen LogP contribution in [0.4, 0.5) is 0 Å². The van der Waals surface area contributed by atoms with Crippen LogP contribution in [0.5, 0.6) is 0 Å². The topological polar surface area (TPSA) is 104 Å². The van der Waals surface area contributed by atoms with Crippen molar-refractivity contribution in [1.82, 2.24) is 4.98 Å². The number of carbonyl (C=O) groups excluding carboxylic acids is 1. The summed E-state index contributed by atoms with van der Waals surface area (Å²) in [4.78, 5) is 27.2. The summed E-state index contributed by atoms with van der Waals surface area (Å²) in [5.74, 6) is -0.603. The predicted octanol–water partition coefficient (Wildman–Crippen LogP) is 1.90. The van der Waals surface area contributed by atoms with Crippen molar-refractivity contribution < 1.29 is 18.3 Å². The van der Waals surface area contributed by atoms with Gasteiger partial charge < -0.3 is 10.1 Å². The number of hydrogen-bond acceptors (Lipinski definition) is 5. The van der Waals surface area contributed by atoms with Gasteiger partial charge in [-0.05, 0) is 57.0 Å². The minimum Gasteiger partial charge on any atom is -0.382 e. The summed E-state index contributed by atoms with van der Waals surface area (Å²) < 4.78 is 24.2. The van der Waals surface area contributed by atoms with Crippen LogP contribution in [0.2, 0.25) is 0 Å². The zero-order chi connectivity index (χ0) is 19.2. The molecule has 0 unspecified atom stereocenters. The number of hydrogen-bond donors (Lipinski definition) is 2. The van der Waals surface area contributed by atoms with Gasteiger partial charge in [-0.3, -0.25) is 9.59 Å². The molecule has 2 rings (SSSR count). The number of H-pyrrole nitrogens is 1. The molecule has 0 saturated carbocycles. The van der Waals surface area contributed by atoms with Crippen LogP contribution in [-0.2, 0) is 14.6 Å². The van der Waals surface area contributed by atoms with Crippen LogP contribution in [-0.4, -0.2) is 36.1 Å². The fourth-order valence-corrected chi connectivity index (χ4v) is 3.42. The molecule has 0 aliphatic heterocycles. The Morgan fingerprint density at radius 1 is 1.24 bits per heavy atom. The van der Waals surface area contributed by atoms with Crippen LogP contribution in [0, 0.1) is 13.8 Å². The van der Waals surface area contributed by atoms with Gasteiger partial charge >= 0.3 is 0 Å². The normalized spacial score (nSPS) is 12.9. The first-order valence-electron chi connectivity index (χ1n) is 7.65. The molecule has 0 aliphatic rings. The maximum Gasteiger partial charge on any atom is 0.208 e. The highest BCUT2D eigenvalue weighted by atomic mass is 32.2. The Bertz CT molecular complexity index is 1050. The number of nitrogens with one attached hydrogen (secondary N) is 1. The van der Waals surface area contributed by atoms with E-state index in [1.807, 2.05) is 13.8 Å². The smallest absolute Gasteiger partial charge is 0.208 e. The van der Waals surface area contributed by atoms with Crippen molar-refractivity contribution in [2.24, 2.45) is 0 Å². The minimum absolute atomic E-state index is 0.0197. The fourth-order valence-electron chi connectivity index (χ4n) is 2.45. The lowest BCUT2D eigenvalue weighted by atomic mass is 10.0. The van der Waals surface area contributed by atoms with Crippen molar-refractivity contribution in [3.05, 3.63) is 45.3 Å². The van der Waals surface area contributed by atoms with E-state index >= 15 is 0 Å². The van der Waals surface area contributed by atoms with E-state index in [0.29, 0.717) is 5.52 Å². The highest BCUT2D eigenvalue weighted by Crippen LogP contribution is 2.22. The Hall–Kier alpha value is -2.25. The standard InChI is InChI=1S/C18H21NO5S/c1-10-6-7-12-15(11(10)2)19-13(8-9-14(20)18(3,4)22)17(16(12)21)25(5,23)24/h6-9,22H,1-5H3,(H,19,21). The molecule has 0 amide bonds. The van der Waals surface area contributed by atoms with Crippen molar-refractivity contribution in [3.8, 4) is 0 Å². The first-order valence-corrected chi connectivity index (χ1v) is 9.54. The van der Waals surface area contributed by atoms with Crippen molar-refractivity contribution >= 4 is 32.6 Å². The SMILES string of the molecule is Cc1ccc2c(=O)c(S(C)(=O)=O)c(C=CC(=O)C(C)(C)O)[nH]c2c1C. The van der Waals surface area contributed by atoms with Gasteiger partial charge in [0.15, 0.2) is 15.6 Å². The summed E-state index contributed by atoms with van der Waals surface area (Å²) in [7, 11) is -3.83. The fraction of sp³-hybridized carbons (Fsp3) is 0.333. The number of benzene rings is 1. The molecular weight excluding hydrogens is 342 g/mol. The zero-order valence-electron chi connectivity index (χ0n) is 14.8. The molecule has 134 valence electrons. The van der Waals surface area contributed by atoms with Crippen molar-refractivity contribution in [3.63, 3.8) is 0 Å². The summed E-state index contributed by atoms with van der Waals surface area (Å²) in [5, 5.41) is 9.98. The number of aromatic amines is 1. The molecule has 7 heteroatoms. The lowest BCUT2D eigenvalue weighted by Gasteiger charge is -2.13. The van der Waals surface area contributed by atoms with E-state index in [-0.39, 0.29) is 11.1 Å². The van der Waals surface area contributed by atoms with Crippen LogP contribution in [0.15, 0.2) is 27.9 Å². The predicted molar refractivity (Wildman–Crippen MR) is 97.5 cm³/mol. The number of aromatic nitrogens is 1. The average Bonchev–Trinajstić information content (AvgIpc) is 2.46. The van der Waals surface area contributed by atoms with Gasteiger partial charge in [-0.2, -0.15) is 0 Å². The van der Waals surface area contributed by atoms with Crippen LogP contribution in [0.3, 0.4) is 0 Å². The Morgan fingerprint density at radius 3 is 2.36 bits per heavy atom. The number of aryl methyl sites for hydroxylation is 2. The lowest BCUT2D eigenvalue weighted by Crippen LogP contribution is -2.29. The molecule has 0 saturated heterocycles. The summed E-state index contributed by atoms with van der Waals surface area (Å²) >= 11 is 0. The molecule has 1 aromatic heterocycles. The third-order valence-corrected chi connectivity index (χ3v) is 5.21. The molecule has 0 aliphatic carbocycles. The number of carbonyl (C=O) groups is 1. The molecule has 1 aromatic carbocycles. The Morgan fingerprint density at radius 2 is 1.84 bits per heavy atom. The van der Waals surface area contributed by atoms with Gasteiger partial charge in [-0.1, -0.05) is 6.07 Å². The second-order valence-electron chi connectivity index (χ2n) is 6.66. The van der Waals surface area contributed by atoms with Crippen LogP contribution in [0.1, 0.15) is 30.7 Å². The molecule has 0 spiro atoms. The Balaban J connectivity index is 2.86. The van der Waals surface area contributed by atoms with Crippen molar-refractivity contribution in [2.45, 2.75) is 38.2 Å². The van der Waals surface area contributed by atoms with Crippen molar-refractivity contribution in [2.75, 3.05) is 6.26 Å². The molecule has 6 nitrogen and oxygen atoms in total. The number of pyridine rings is 1. The minimum atomic E-state index is -3.83. The van der Waals surface area contributed by atoms with Crippen molar-refractivity contribution in [1.29, 1.82) is 0 Å². The maximum absolute atomic E-state index is 12.7. The van der Waals surface area contributed by atoms with Gasteiger partial charge in [0, 0.05) is 11.6 Å². The van der Waals surface area contributed by atoms with Gasteiger partial charge in [-0.15, -0.1) is 0 Å². The first kappa shape index (κ1) is 19.1. The third-order valence-electron chi connectivity index (χ3n) is 4.07. The van der Waals surface area contributed by atoms with Gasteiger partial charge in [0.2, 0.25) is 5.43 Å². The molecule has 25 heavy (non-hydrogen) atoms. The molecule has 0 bridgehead atoms. The number of fused-ring (bicyclic) bond motifs is 1. The number of rotatable bonds is 4. The van der Waals surface area contributed by atoms with Crippen LogP contribution < -0.4 is 5.43 Å². The Kier molecular flexibility index (Phi) is 4.76. The van der Waals surface area contributed by atoms with E-state index in [4.69, 9.17) is 0 Å². The number of aliphatic hydroxyl groups is 1. The van der Waals surface area contributed by atoms with Gasteiger partial charge in [-0.25, -0.2) is 8.42 Å². The van der Waals surface area contributed by atoms with Gasteiger partial charge in [0.25, 0.3) is 0 Å². The third kappa shape index (κ3) is 3.72. The molecule has 2 aromatic rings. The Labute approximate surface area is 146 Å². The second kappa shape index (κ2) is 6.24. The van der Waals surface area contributed by atoms with Crippen LogP contribution in [0.25, 0.3) is 17.0 Å². The van der Waals surface area contributed by atoms with Crippen LogP contribution >= 0.6 is 0 Å². The summed E-state index contributed by atoms with van der Waals surface area (Å²) in [6.07, 6.45) is 3.23. The van der Waals surface area contributed by atoms with E-state index in [9.17, 15) is 23.1 Å². The molecular formula is C18H21NO5S. The second-order valence-corrected chi connectivity index (χ2v) is 8.61. The average molecular weight is 363 g/mol. The van der Waals surface area contributed by atoms with Gasteiger partial charge in [0.05, 0.1) is 11.2 Å². The molecule has 0 fully saturated rings. The van der Waals surface area contributed by atoms with E-state index in [0.717, 1.165) is 23.5 Å².